The second-order valence-corrected chi connectivity index (χ2v) is 6.49. The summed E-state index contributed by atoms with van der Waals surface area (Å²) in [6.45, 7) is 7.90. The van der Waals surface area contributed by atoms with E-state index in [1.54, 1.807) is 11.8 Å². The molecule has 2 unspecified atom stereocenters. The molecule has 4 nitrogen and oxygen atoms in total. The molecule has 0 spiro atoms. The third kappa shape index (κ3) is 2.33. The molecular formula is C15H20BrNO3. The molecule has 2 atom stereocenters. The lowest BCUT2D eigenvalue weighted by molar-refractivity contribution is -0.117. The van der Waals surface area contributed by atoms with Gasteiger partial charge >= 0.3 is 0 Å². The van der Waals surface area contributed by atoms with Crippen LogP contribution in [0.2, 0.25) is 0 Å². The van der Waals surface area contributed by atoms with Crippen LogP contribution in [0.5, 0.6) is 5.75 Å². The van der Waals surface area contributed by atoms with Gasteiger partial charge in [0.2, 0.25) is 5.91 Å². The first kappa shape index (κ1) is 15.3. The molecule has 1 aliphatic heterocycles. The van der Waals surface area contributed by atoms with Gasteiger partial charge < -0.3 is 14.7 Å². The molecule has 0 aromatic heterocycles. The van der Waals surface area contributed by atoms with E-state index in [1.807, 2.05) is 39.0 Å². The van der Waals surface area contributed by atoms with Gasteiger partial charge in [0.1, 0.15) is 5.75 Å². The lowest BCUT2D eigenvalue weighted by atomic mass is 9.84. The molecule has 1 amide bonds. The zero-order chi connectivity index (χ0) is 15.1. The van der Waals surface area contributed by atoms with Crippen LogP contribution in [0.4, 0.5) is 5.69 Å². The molecule has 110 valence electrons. The number of carbonyl (C=O) groups excluding carboxylic acids is 1. The minimum atomic E-state index is -0.684. The molecule has 1 aromatic rings. The molecule has 0 radical (unpaired) electrons. The molecule has 1 aliphatic rings. The van der Waals surface area contributed by atoms with Crippen molar-refractivity contribution in [2.24, 2.45) is 0 Å². The van der Waals surface area contributed by atoms with Crippen LogP contribution in [0.3, 0.4) is 0 Å². The highest BCUT2D eigenvalue weighted by atomic mass is 79.9. The number of benzene rings is 1. The first-order valence-electron chi connectivity index (χ1n) is 6.70. The second-order valence-electron chi connectivity index (χ2n) is 5.51. The number of carbonyl (C=O) groups is 1. The second kappa shape index (κ2) is 5.37. The highest BCUT2D eigenvalue weighted by Gasteiger charge is 2.46. The van der Waals surface area contributed by atoms with Gasteiger partial charge in [-0.2, -0.15) is 0 Å². The zero-order valence-corrected chi connectivity index (χ0v) is 13.8. The fraction of sp³-hybridized carbons (Fsp3) is 0.533. The number of ether oxygens (including phenoxy) is 1. The van der Waals surface area contributed by atoms with E-state index in [0.29, 0.717) is 17.9 Å². The van der Waals surface area contributed by atoms with Gasteiger partial charge in [0.25, 0.3) is 0 Å². The summed E-state index contributed by atoms with van der Waals surface area (Å²) in [5, 5.41) is 10.5. The highest BCUT2D eigenvalue weighted by Crippen LogP contribution is 2.46. The molecule has 2 rings (SSSR count). The number of fused-ring (bicyclic) bond motifs is 1. The van der Waals surface area contributed by atoms with E-state index in [1.165, 1.54) is 0 Å². The Morgan fingerprint density at radius 3 is 2.70 bits per heavy atom. The lowest BCUT2D eigenvalue weighted by Gasteiger charge is -2.48. The van der Waals surface area contributed by atoms with E-state index in [2.05, 4.69) is 15.9 Å². The molecule has 0 aliphatic carbocycles. The molecular weight excluding hydrogens is 322 g/mol. The highest BCUT2D eigenvalue weighted by molar-refractivity contribution is 9.09. The van der Waals surface area contributed by atoms with E-state index in [-0.39, 0.29) is 10.7 Å². The zero-order valence-electron chi connectivity index (χ0n) is 12.2. The van der Waals surface area contributed by atoms with E-state index in [9.17, 15) is 9.90 Å². The number of alkyl halides is 1. The predicted molar refractivity (Wildman–Crippen MR) is 82.5 cm³/mol. The van der Waals surface area contributed by atoms with E-state index < -0.39 is 11.6 Å². The van der Waals surface area contributed by atoms with Crippen molar-refractivity contribution in [3.05, 3.63) is 23.8 Å². The Bertz CT molecular complexity index is 530. The SMILES string of the molecule is CCOc1ccc2c(c1)C(O)C(Br)C(C)(C)N2C(C)=O. The van der Waals surface area contributed by atoms with Crippen molar-refractivity contribution in [2.75, 3.05) is 11.5 Å². The van der Waals surface area contributed by atoms with Crippen LogP contribution in [-0.4, -0.2) is 28.0 Å². The fourth-order valence-corrected chi connectivity index (χ4v) is 3.27. The first-order chi connectivity index (χ1) is 9.30. The third-order valence-electron chi connectivity index (χ3n) is 3.71. The standard InChI is InChI=1S/C15H20BrNO3/c1-5-20-10-6-7-12-11(8-10)13(19)14(16)15(3,4)17(12)9(2)18/h6-8,13-14,19H,5H2,1-4H3. The smallest absolute Gasteiger partial charge is 0.224 e. The van der Waals surface area contributed by atoms with Crippen LogP contribution in [-0.2, 0) is 4.79 Å². The van der Waals surface area contributed by atoms with E-state index in [4.69, 9.17) is 4.74 Å². The van der Waals surface area contributed by atoms with Crippen LogP contribution in [0.1, 0.15) is 39.4 Å². The topological polar surface area (TPSA) is 49.8 Å². The normalized spacial score (nSPS) is 24.2. The number of anilines is 1. The lowest BCUT2D eigenvalue weighted by Crippen LogP contribution is -2.57. The quantitative estimate of drug-likeness (QED) is 0.841. The van der Waals surface area contributed by atoms with Gasteiger partial charge in [-0.05, 0) is 39.0 Å². The number of nitrogens with zero attached hydrogens (tertiary/aromatic N) is 1. The average molecular weight is 342 g/mol. The maximum Gasteiger partial charge on any atom is 0.224 e. The van der Waals surface area contributed by atoms with Crippen LogP contribution in [0, 0.1) is 0 Å². The van der Waals surface area contributed by atoms with Gasteiger partial charge in [-0.3, -0.25) is 4.79 Å². The summed E-state index contributed by atoms with van der Waals surface area (Å²) < 4.78 is 5.47. The summed E-state index contributed by atoms with van der Waals surface area (Å²) >= 11 is 3.53. The summed E-state index contributed by atoms with van der Waals surface area (Å²) in [7, 11) is 0. The molecule has 0 saturated heterocycles. The Labute approximate surface area is 127 Å². The van der Waals surface area contributed by atoms with Crippen molar-refractivity contribution < 1.29 is 14.6 Å². The average Bonchev–Trinajstić information content (AvgIpc) is 2.37. The molecule has 5 heteroatoms. The summed E-state index contributed by atoms with van der Waals surface area (Å²) in [5.41, 5.74) is 0.951. The minimum absolute atomic E-state index is 0.0447. The summed E-state index contributed by atoms with van der Waals surface area (Å²) in [6.07, 6.45) is -0.684. The number of hydrogen-bond donors (Lipinski definition) is 1. The van der Waals surface area contributed by atoms with Gasteiger partial charge in [-0.25, -0.2) is 0 Å². The summed E-state index contributed by atoms with van der Waals surface area (Å²) in [5.74, 6) is 0.657. The number of rotatable bonds is 2. The van der Waals surface area contributed by atoms with Gasteiger partial charge in [0.05, 0.1) is 28.8 Å². The Kier molecular flexibility index (Phi) is 4.12. The summed E-state index contributed by atoms with van der Waals surface area (Å²) in [6, 6.07) is 5.48. The number of hydrogen-bond acceptors (Lipinski definition) is 3. The van der Waals surface area contributed by atoms with Gasteiger partial charge in [0.15, 0.2) is 0 Å². The number of aliphatic hydroxyl groups is 1. The summed E-state index contributed by atoms with van der Waals surface area (Å²) in [4.78, 5) is 13.5. The largest absolute Gasteiger partial charge is 0.494 e. The van der Waals surface area contributed by atoms with E-state index >= 15 is 0 Å². The van der Waals surface area contributed by atoms with Crippen molar-refractivity contribution in [3.63, 3.8) is 0 Å². The number of aliphatic hydroxyl groups excluding tert-OH is 1. The number of halogens is 1. The monoisotopic (exact) mass is 341 g/mol. The predicted octanol–water partition coefficient (Wildman–Crippen LogP) is 3.03. The number of amides is 1. The molecule has 0 bridgehead atoms. The van der Waals surface area contributed by atoms with Crippen LogP contribution in [0.15, 0.2) is 18.2 Å². The van der Waals surface area contributed by atoms with Crippen molar-refractivity contribution >= 4 is 27.5 Å². The van der Waals surface area contributed by atoms with E-state index in [0.717, 1.165) is 5.69 Å². The minimum Gasteiger partial charge on any atom is -0.494 e. The molecule has 0 saturated carbocycles. The molecule has 1 aromatic carbocycles. The third-order valence-corrected chi connectivity index (χ3v) is 5.33. The Balaban J connectivity index is 2.59. The van der Waals surface area contributed by atoms with Gasteiger partial charge in [0, 0.05) is 12.5 Å². The van der Waals surface area contributed by atoms with Crippen molar-refractivity contribution in [1.29, 1.82) is 0 Å². The Morgan fingerprint density at radius 2 is 2.15 bits per heavy atom. The van der Waals surface area contributed by atoms with Gasteiger partial charge in [-0.1, -0.05) is 15.9 Å². The van der Waals surface area contributed by atoms with Crippen LogP contribution in [0.25, 0.3) is 0 Å². The van der Waals surface area contributed by atoms with Crippen LogP contribution < -0.4 is 9.64 Å². The van der Waals surface area contributed by atoms with Crippen molar-refractivity contribution in [3.8, 4) is 5.75 Å². The Morgan fingerprint density at radius 1 is 1.50 bits per heavy atom. The molecule has 1 heterocycles. The molecule has 1 N–H and O–H groups in total. The maximum atomic E-state index is 12.0. The van der Waals surface area contributed by atoms with Crippen molar-refractivity contribution in [1.82, 2.24) is 0 Å². The first-order valence-corrected chi connectivity index (χ1v) is 7.62. The van der Waals surface area contributed by atoms with Gasteiger partial charge in [-0.15, -0.1) is 0 Å². The maximum absolute atomic E-state index is 12.0. The molecule has 0 fully saturated rings. The fourth-order valence-electron chi connectivity index (χ4n) is 2.78. The van der Waals surface area contributed by atoms with Crippen molar-refractivity contribution in [2.45, 2.75) is 44.2 Å². The molecule has 20 heavy (non-hydrogen) atoms. The van der Waals surface area contributed by atoms with Crippen LogP contribution >= 0.6 is 15.9 Å². The Hall–Kier alpha value is -1.07.